The Hall–Kier alpha value is -1.57. The third kappa shape index (κ3) is 3.61. The molecule has 136 valence electrons. The fourth-order valence-corrected chi connectivity index (χ4v) is 6.31. The van der Waals surface area contributed by atoms with Gasteiger partial charge in [-0.1, -0.05) is 35.5 Å². The maximum absolute atomic E-state index is 13.1. The van der Waals surface area contributed by atoms with Crippen LogP contribution in [0.25, 0.3) is 0 Å². The minimum atomic E-state index is -3.08. The zero-order valence-corrected chi connectivity index (χ0v) is 16.1. The van der Waals surface area contributed by atoms with E-state index < -0.39 is 9.84 Å². The van der Waals surface area contributed by atoms with Crippen molar-refractivity contribution < 1.29 is 12.8 Å². The molecular formula is C18H16ClFN2O2S2. The second-order valence-corrected chi connectivity index (χ2v) is 9.92. The lowest BCUT2D eigenvalue weighted by Gasteiger charge is -2.26. The molecule has 2 aromatic rings. The van der Waals surface area contributed by atoms with Crippen LogP contribution >= 0.6 is 23.4 Å². The second kappa shape index (κ2) is 6.87. The Labute approximate surface area is 161 Å². The molecule has 0 aromatic heterocycles. The van der Waals surface area contributed by atoms with Crippen molar-refractivity contribution in [2.45, 2.75) is 17.8 Å². The van der Waals surface area contributed by atoms with Crippen LogP contribution in [0.5, 0.6) is 0 Å². The highest BCUT2D eigenvalue weighted by Gasteiger charge is 2.47. The lowest BCUT2D eigenvalue weighted by atomic mass is 10.1. The van der Waals surface area contributed by atoms with Crippen molar-refractivity contribution in [3.63, 3.8) is 0 Å². The van der Waals surface area contributed by atoms with E-state index in [9.17, 15) is 12.8 Å². The second-order valence-electron chi connectivity index (χ2n) is 6.38. The number of rotatable bonds is 3. The highest BCUT2D eigenvalue weighted by Crippen LogP contribution is 2.36. The van der Waals surface area contributed by atoms with Crippen molar-refractivity contribution in [2.24, 2.45) is 4.99 Å². The van der Waals surface area contributed by atoms with Gasteiger partial charge in [0.2, 0.25) is 0 Å². The summed E-state index contributed by atoms with van der Waals surface area (Å²) in [5.41, 5.74) is 1.86. The van der Waals surface area contributed by atoms with Crippen molar-refractivity contribution in [1.82, 2.24) is 0 Å². The Kier molecular flexibility index (Phi) is 4.71. The van der Waals surface area contributed by atoms with Gasteiger partial charge in [0.05, 0.1) is 23.6 Å². The summed E-state index contributed by atoms with van der Waals surface area (Å²) >= 11 is 7.52. The summed E-state index contributed by atoms with van der Waals surface area (Å²) in [6.45, 7) is 0. The van der Waals surface area contributed by atoms with Crippen LogP contribution in [-0.2, 0) is 15.6 Å². The third-order valence-electron chi connectivity index (χ3n) is 4.49. The number of nitrogens with zero attached hydrogens (tertiary/aromatic N) is 2. The first-order chi connectivity index (χ1) is 12.4. The van der Waals surface area contributed by atoms with Crippen molar-refractivity contribution in [3.8, 4) is 0 Å². The smallest absolute Gasteiger partial charge is 0.164 e. The molecule has 8 heteroatoms. The zero-order valence-electron chi connectivity index (χ0n) is 13.7. The summed E-state index contributed by atoms with van der Waals surface area (Å²) in [5, 5.41) is 1.42. The molecule has 0 spiro atoms. The summed E-state index contributed by atoms with van der Waals surface area (Å²) in [6, 6.07) is 13.3. The number of fused-ring (bicyclic) bond motifs is 1. The van der Waals surface area contributed by atoms with E-state index in [0.717, 1.165) is 16.4 Å². The first-order valence-corrected chi connectivity index (χ1v) is 11.3. The first-order valence-electron chi connectivity index (χ1n) is 8.11. The van der Waals surface area contributed by atoms with E-state index in [4.69, 9.17) is 11.6 Å². The zero-order chi connectivity index (χ0) is 18.3. The van der Waals surface area contributed by atoms with Crippen LogP contribution in [0.15, 0.2) is 53.5 Å². The summed E-state index contributed by atoms with van der Waals surface area (Å²) in [5.74, 6) is 0.557. The molecule has 0 aliphatic carbocycles. The lowest BCUT2D eigenvalue weighted by Crippen LogP contribution is -2.39. The molecule has 26 heavy (non-hydrogen) atoms. The number of anilines is 1. The Morgan fingerprint density at radius 1 is 1.12 bits per heavy atom. The predicted octanol–water partition coefficient (Wildman–Crippen LogP) is 3.75. The fraction of sp³-hybridized carbons (Fsp3) is 0.278. The quantitative estimate of drug-likeness (QED) is 0.773. The van der Waals surface area contributed by atoms with E-state index >= 15 is 0 Å². The first kappa shape index (κ1) is 17.8. The Balaban J connectivity index is 1.60. The van der Waals surface area contributed by atoms with Gasteiger partial charge in [-0.2, -0.15) is 0 Å². The van der Waals surface area contributed by atoms with E-state index in [1.54, 1.807) is 24.3 Å². The van der Waals surface area contributed by atoms with Gasteiger partial charge < -0.3 is 4.90 Å². The Bertz CT molecular complexity index is 946. The molecule has 2 aromatic carbocycles. The topological polar surface area (TPSA) is 49.7 Å². The Morgan fingerprint density at radius 3 is 2.50 bits per heavy atom. The number of hydrogen-bond donors (Lipinski definition) is 0. The maximum atomic E-state index is 13.1. The number of thioether (sulfide) groups is 1. The van der Waals surface area contributed by atoms with Gasteiger partial charge in [0.25, 0.3) is 0 Å². The van der Waals surface area contributed by atoms with E-state index in [1.807, 2.05) is 17.0 Å². The molecule has 0 unspecified atom stereocenters. The molecule has 1 fully saturated rings. The number of hydrogen-bond acceptors (Lipinski definition) is 5. The molecule has 0 N–H and O–H groups in total. The SMILES string of the molecule is O=S1(=O)C[C@@H]2N=C(SCc3ccc(F)cc3)N(c3ccc(Cl)cc3)[C@H]2C1. The number of amidine groups is 1. The summed E-state index contributed by atoms with van der Waals surface area (Å²) in [4.78, 5) is 6.68. The van der Waals surface area contributed by atoms with Crippen molar-refractivity contribution >= 4 is 44.1 Å². The van der Waals surface area contributed by atoms with Gasteiger partial charge in [-0.25, -0.2) is 12.8 Å². The van der Waals surface area contributed by atoms with E-state index in [-0.39, 0.29) is 29.4 Å². The van der Waals surface area contributed by atoms with Gasteiger partial charge in [-0.05, 0) is 42.0 Å². The molecule has 0 saturated carbocycles. The average Bonchev–Trinajstić information content (AvgIpc) is 3.06. The van der Waals surface area contributed by atoms with Gasteiger partial charge in [0.15, 0.2) is 15.0 Å². The molecule has 2 heterocycles. The fourth-order valence-electron chi connectivity index (χ4n) is 3.27. The predicted molar refractivity (Wildman–Crippen MR) is 105 cm³/mol. The van der Waals surface area contributed by atoms with Crippen LogP contribution in [-0.4, -0.2) is 37.2 Å². The minimum absolute atomic E-state index is 0.0857. The molecule has 0 amide bonds. The number of sulfone groups is 1. The number of benzene rings is 2. The van der Waals surface area contributed by atoms with E-state index in [1.165, 1.54) is 23.9 Å². The van der Waals surface area contributed by atoms with Crippen molar-refractivity contribution in [1.29, 1.82) is 0 Å². The van der Waals surface area contributed by atoms with Gasteiger partial charge in [-0.3, -0.25) is 4.99 Å². The average molecular weight is 411 g/mol. The summed E-state index contributed by atoms with van der Waals surface area (Å²) in [6.07, 6.45) is 0. The van der Waals surface area contributed by atoms with Crippen molar-refractivity contribution in [3.05, 3.63) is 64.9 Å². The summed E-state index contributed by atoms with van der Waals surface area (Å²) < 4.78 is 37.1. The highest BCUT2D eigenvalue weighted by atomic mass is 35.5. The van der Waals surface area contributed by atoms with Crippen LogP contribution < -0.4 is 4.90 Å². The van der Waals surface area contributed by atoms with Crippen LogP contribution in [0.4, 0.5) is 10.1 Å². The molecular weight excluding hydrogens is 395 g/mol. The molecule has 1 saturated heterocycles. The molecule has 4 nitrogen and oxygen atoms in total. The standard InChI is InChI=1S/C18H16ClFN2O2S2/c19-13-3-7-15(8-4-13)22-17-11-26(23,24)10-16(17)21-18(22)25-9-12-1-5-14(20)6-2-12/h1-8,16-17H,9-11H2/t16-,17-/m0/s1. The largest absolute Gasteiger partial charge is 0.315 e. The third-order valence-corrected chi connectivity index (χ3v) is 7.48. The van der Waals surface area contributed by atoms with Crippen LogP contribution in [0.2, 0.25) is 5.02 Å². The Morgan fingerprint density at radius 2 is 1.81 bits per heavy atom. The number of halogens is 2. The summed E-state index contributed by atoms with van der Waals surface area (Å²) in [7, 11) is -3.08. The van der Waals surface area contributed by atoms with Gasteiger partial charge in [-0.15, -0.1) is 0 Å². The van der Waals surface area contributed by atoms with Crippen molar-refractivity contribution in [2.75, 3.05) is 16.4 Å². The van der Waals surface area contributed by atoms with E-state index in [2.05, 4.69) is 4.99 Å². The molecule has 2 atom stereocenters. The normalized spacial score (nSPS) is 23.8. The van der Waals surface area contributed by atoms with Crippen LogP contribution in [0.3, 0.4) is 0 Å². The molecule has 4 rings (SSSR count). The lowest BCUT2D eigenvalue weighted by molar-refractivity contribution is 0.601. The highest BCUT2D eigenvalue weighted by molar-refractivity contribution is 8.13. The number of aliphatic imine (C=N–C) groups is 1. The maximum Gasteiger partial charge on any atom is 0.164 e. The van der Waals surface area contributed by atoms with E-state index in [0.29, 0.717) is 10.8 Å². The minimum Gasteiger partial charge on any atom is -0.315 e. The van der Waals surface area contributed by atoms with Crippen LogP contribution in [0.1, 0.15) is 5.56 Å². The molecule has 0 bridgehead atoms. The van der Waals surface area contributed by atoms with Gasteiger partial charge in [0, 0.05) is 16.5 Å². The monoisotopic (exact) mass is 410 g/mol. The molecule has 2 aliphatic rings. The molecule has 2 aliphatic heterocycles. The van der Waals surface area contributed by atoms with Crippen LogP contribution in [0, 0.1) is 5.82 Å². The molecule has 0 radical (unpaired) electrons. The van der Waals surface area contributed by atoms with Gasteiger partial charge in [0.1, 0.15) is 5.82 Å². The van der Waals surface area contributed by atoms with Gasteiger partial charge >= 0.3 is 0 Å².